The third kappa shape index (κ3) is 4.09. The number of rotatable bonds is 6. The van der Waals surface area contributed by atoms with Crippen LogP contribution in [0.3, 0.4) is 0 Å². The van der Waals surface area contributed by atoms with Gasteiger partial charge >= 0.3 is 0 Å². The minimum absolute atomic E-state index is 0.0532. The van der Waals surface area contributed by atoms with Crippen molar-refractivity contribution in [3.63, 3.8) is 0 Å². The van der Waals surface area contributed by atoms with E-state index < -0.39 is 15.9 Å². The number of methoxy groups -OCH3 is 2. The van der Waals surface area contributed by atoms with Gasteiger partial charge in [0.25, 0.3) is 5.91 Å². The maximum Gasteiger partial charge on any atom is 0.255 e. The average Bonchev–Trinajstić information content (AvgIpc) is 2.61. The Morgan fingerprint density at radius 2 is 1.68 bits per heavy atom. The van der Waals surface area contributed by atoms with Gasteiger partial charge in [0, 0.05) is 31.4 Å². The van der Waals surface area contributed by atoms with Gasteiger partial charge in [-0.2, -0.15) is 0 Å². The highest BCUT2D eigenvalue weighted by Crippen LogP contribution is 2.30. The highest BCUT2D eigenvalue weighted by molar-refractivity contribution is 7.89. The first kappa shape index (κ1) is 18.8. The Kier molecular flexibility index (Phi) is 5.66. The standard InChI is InChI=1S/C17H20N2O5S/c1-19(2)25(21,22)14-7-5-6-12(10-14)17(20)18-13-8-9-15(23-3)16(11-13)24-4/h5-11H,1-4H3,(H,18,20). The molecule has 8 heteroatoms. The molecule has 0 saturated carbocycles. The quantitative estimate of drug-likeness (QED) is 0.849. The van der Waals surface area contributed by atoms with Crippen molar-refractivity contribution in [1.82, 2.24) is 4.31 Å². The van der Waals surface area contributed by atoms with Crippen LogP contribution in [0.1, 0.15) is 10.4 Å². The Morgan fingerprint density at radius 3 is 2.28 bits per heavy atom. The summed E-state index contributed by atoms with van der Waals surface area (Å²) in [5.41, 5.74) is 0.737. The molecule has 0 bridgehead atoms. The second-order valence-electron chi connectivity index (χ2n) is 5.34. The van der Waals surface area contributed by atoms with Crippen molar-refractivity contribution in [2.45, 2.75) is 4.90 Å². The van der Waals surface area contributed by atoms with Crippen LogP contribution < -0.4 is 14.8 Å². The zero-order valence-corrected chi connectivity index (χ0v) is 15.3. The molecule has 0 radical (unpaired) electrons. The minimum atomic E-state index is -3.61. The number of nitrogens with zero attached hydrogens (tertiary/aromatic N) is 1. The lowest BCUT2D eigenvalue weighted by atomic mass is 10.2. The molecule has 2 aromatic carbocycles. The van der Waals surface area contributed by atoms with Gasteiger partial charge in [0.2, 0.25) is 10.0 Å². The summed E-state index contributed by atoms with van der Waals surface area (Å²) in [6.45, 7) is 0. The molecular formula is C17H20N2O5S. The largest absolute Gasteiger partial charge is 0.493 e. The van der Waals surface area contributed by atoms with E-state index >= 15 is 0 Å². The van der Waals surface area contributed by atoms with Crippen molar-refractivity contribution in [2.24, 2.45) is 0 Å². The number of hydrogen-bond donors (Lipinski definition) is 1. The molecule has 0 unspecified atom stereocenters. The summed E-state index contributed by atoms with van der Waals surface area (Å²) in [4.78, 5) is 12.5. The van der Waals surface area contributed by atoms with Gasteiger partial charge in [-0.3, -0.25) is 4.79 Å². The van der Waals surface area contributed by atoms with Gasteiger partial charge in [-0.15, -0.1) is 0 Å². The van der Waals surface area contributed by atoms with Crippen LogP contribution in [-0.4, -0.2) is 46.9 Å². The summed E-state index contributed by atoms with van der Waals surface area (Å²) in [6, 6.07) is 10.8. The fourth-order valence-electron chi connectivity index (χ4n) is 2.13. The Morgan fingerprint density at radius 1 is 1.00 bits per heavy atom. The first-order valence-electron chi connectivity index (χ1n) is 7.35. The first-order valence-corrected chi connectivity index (χ1v) is 8.79. The van der Waals surface area contributed by atoms with E-state index in [4.69, 9.17) is 9.47 Å². The average molecular weight is 364 g/mol. The van der Waals surface area contributed by atoms with Crippen LogP contribution in [0.4, 0.5) is 5.69 Å². The van der Waals surface area contributed by atoms with Crippen molar-refractivity contribution in [2.75, 3.05) is 33.6 Å². The molecule has 0 aliphatic rings. The van der Waals surface area contributed by atoms with Crippen molar-refractivity contribution < 1.29 is 22.7 Å². The number of amides is 1. The molecule has 0 aliphatic carbocycles. The lowest BCUT2D eigenvalue weighted by Crippen LogP contribution is -2.22. The van der Waals surface area contributed by atoms with Crippen LogP contribution in [0.25, 0.3) is 0 Å². The van der Waals surface area contributed by atoms with Crippen molar-refractivity contribution >= 4 is 21.6 Å². The summed E-state index contributed by atoms with van der Waals surface area (Å²) < 4.78 is 35.8. The van der Waals surface area contributed by atoms with Gasteiger partial charge in [0.15, 0.2) is 11.5 Å². The maximum absolute atomic E-state index is 12.4. The predicted molar refractivity (Wildman–Crippen MR) is 94.8 cm³/mol. The van der Waals surface area contributed by atoms with E-state index in [2.05, 4.69) is 5.32 Å². The van der Waals surface area contributed by atoms with Gasteiger partial charge in [-0.25, -0.2) is 12.7 Å². The van der Waals surface area contributed by atoms with Crippen molar-refractivity contribution in [3.05, 3.63) is 48.0 Å². The van der Waals surface area contributed by atoms with Crippen LogP contribution in [-0.2, 0) is 10.0 Å². The number of carbonyl (C=O) groups is 1. The second-order valence-corrected chi connectivity index (χ2v) is 7.49. The molecule has 1 N–H and O–H groups in total. The fraction of sp³-hybridized carbons (Fsp3) is 0.235. The highest BCUT2D eigenvalue weighted by atomic mass is 32.2. The molecular weight excluding hydrogens is 344 g/mol. The third-order valence-electron chi connectivity index (χ3n) is 3.52. The molecule has 134 valence electrons. The van der Waals surface area contributed by atoms with E-state index in [9.17, 15) is 13.2 Å². The van der Waals surface area contributed by atoms with E-state index in [1.54, 1.807) is 24.3 Å². The van der Waals surface area contributed by atoms with E-state index in [1.165, 1.54) is 46.5 Å². The molecule has 0 fully saturated rings. The summed E-state index contributed by atoms with van der Waals surface area (Å²) >= 11 is 0. The van der Waals surface area contributed by atoms with Gasteiger partial charge in [-0.05, 0) is 30.3 Å². The van der Waals surface area contributed by atoms with Crippen molar-refractivity contribution in [3.8, 4) is 11.5 Å². The van der Waals surface area contributed by atoms with E-state index in [0.717, 1.165) is 4.31 Å². The first-order chi connectivity index (χ1) is 11.8. The Labute approximate surface area is 147 Å². The van der Waals surface area contributed by atoms with Gasteiger partial charge in [0.05, 0.1) is 19.1 Å². The Balaban J connectivity index is 2.28. The van der Waals surface area contributed by atoms with E-state index in [-0.39, 0.29) is 10.5 Å². The smallest absolute Gasteiger partial charge is 0.255 e. The maximum atomic E-state index is 12.4. The summed E-state index contributed by atoms with van der Waals surface area (Å²) in [7, 11) is 2.28. The topological polar surface area (TPSA) is 84.9 Å². The number of benzene rings is 2. The monoisotopic (exact) mass is 364 g/mol. The minimum Gasteiger partial charge on any atom is -0.493 e. The molecule has 0 aliphatic heterocycles. The fourth-order valence-corrected chi connectivity index (χ4v) is 3.07. The molecule has 7 nitrogen and oxygen atoms in total. The normalized spacial score (nSPS) is 11.2. The van der Waals surface area contributed by atoms with E-state index in [1.807, 2.05) is 0 Å². The number of anilines is 1. The Hall–Kier alpha value is -2.58. The van der Waals surface area contributed by atoms with E-state index in [0.29, 0.717) is 17.2 Å². The number of hydrogen-bond acceptors (Lipinski definition) is 5. The summed E-state index contributed by atoms with van der Waals surface area (Å²) in [5, 5.41) is 2.71. The molecule has 0 aromatic heterocycles. The SMILES string of the molecule is COc1ccc(NC(=O)c2cccc(S(=O)(=O)N(C)C)c2)cc1OC. The van der Waals surface area contributed by atoms with Gasteiger partial charge in [0.1, 0.15) is 0 Å². The number of carbonyl (C=O) groups excluding carboxylic acids is 1. The zero-order chi connectivity index (χ0) is 18.6. The molecule has 0 saturated heterocycles. The molecule has 0 atom stereocenters. The molecule has 2 rings (SSSR count). The molecule has 0 spiro atoms. The van der Waals surface area contributed by atoms with Gasteiger partial charge < -0.3 is 14.8 Å². The van der Waals surface area contributed by atoms with Crippen LogP contribution in [0.2, 0.25) is 0 Å². The van der Waals surface area contributed by atoms with Crippen LogP contribution in [0, 0.1) is 0 Å². The number of ether oxygens (including phenoxy) is 2. The predicted octanol–water partition coefficient (Wildman–Crippen LogP) is 2.21. The summed E-state index contributed by atoms with van der Waals surface area (Å²) in [6.07, 6.45) is 0. The summed E-state index contributed by atoms with van der Waals surface area (Å²) in [5.74, 6) is 0.590. The highest BCUT2D eigenvalue weighted by Gasteiger charge is 2.19. The Bertz CT molecular complexity index is 878. The number of nitrogens with one attached hydrogen (secondary N) is 1. The zero-order valence-electron chi connectivity index (χ0n) is 14.4. The number of sulfonamides is 1. The van der Waals surface area contributed by atoms with Crippen molar-refractivity contribution in [1.29, 1.82) is 0 Å². The molecule has 25 heavy (non-hydrogen) atoms. The lowest BCUT2D eigenvalue weighted by molar-refractivity contribution is 0.102. The molecule has 2 aromatic rings. The van der Waals surface area contributed by atoms with Crippen LogP contribution in [0.15, 0.2) is 47.4 Å². The van der Waals surface area contributed by atoms with Crippen LogP contribution in [0.5, 0.6) is 11.5 Å². The van der Waals surface area contributed by atoms with Crippen LogP contribution >= 0.6 is 0 Å². The third-order valence-corrected chi connectivity index (χ3v) is 5.33. The molecule has 0 heterocycles. The second kappa shape index (κ2) is 7.54. The lowest BCUT2D eigenvalue weighted by Gasteiger charge is -2.13. The molecule has 1 amide bonds. The van der Waals surface area contributed by atoms with Gasteiger partial charge in [-0.1, -0.05) is 6.07 Å².